The van der Waals surface area contributed by atoms with Crippen molar-refractivity contribution in [3.63, 3.8) is 0 Å². The molecule has 2 aliphatic rings. The van der Waals surface area contributed by atoms with E-state index < -0.39 is 77.7 Å². The smallest absolute Gasteiger partial charge is 0.311 e. The first kappa shape index (κ1) is 37.5. The van der Waals surface area contributed by atoms with Crippen LogP contribution in [0.4, 0.5) is 0 Å². The molecule has 12 heteroatoms. The monoisotopic (exact) mass is 616 g/mol. The van der Waals surface area contributed by atoms with Crippen molar-refractivity contribution in [1.29, 1.82) is 0 Å². The van der Waals surface area contributed by atoms with E-state index in [1.54, 1.807) is 41.7 Å². The quantitative estimate of drug-likeness (QED) is 0.106. The highest BCUT2D eigenvalue weighted by atomic mass is 16.7. The summed E-state index contributed by atoms with van der Waals surface area (Å²) in [5, 5.41) is 64.8. The van der Waals surface area contributed by atoms with Gasteiger partial charge < -0.3 is 49.9 Å². The minimum absolute atomic E-state index is 0.0219. The zero-order chi connectivity index (χ0) is 32.9. The standard InChI is InChI=1S/C31H56N2O10/c1-11-13-40-33-23-16(3)15-30(8,38)27(43-29-25(35)21(32-10)14-17(4)41-29)19(6)24(34)20(7)28(37)42-22(12-2)31(9,39)26(36)18(23)5/h11,16-22,24-27,29,32,34-36,38-39H,1,12-15H2,2-10H3/b33-23+/t16-,17-,18+,19+,20-,21+,22?,24+,25-,26-,27-,29+,30-,31-/m1/s1. The second-order valence-corrected chi connectivity index (χ2v) is 13.0. The Morgan fingerprint density at radius 2 is 1.72 bits per heavy atom. The molecule has 0 aromatic heterocycles. The second-order valence-electron chi connectivity index (χ2n) is 13.0. The van der Waals surface area contributed by atoms with E-state index in [0.29, 0.717) is 12.1 Å². The molecule has 14 atom stereocenters. The van der Waals surface area contributed by atoms with Gasteiger partial charge in [-0.3, -0.25) is 4.79 Å². The summed E-state index contributed by atoms with van der Waals surface area (Å²) < 4.78 is 18.0. The molecule has 0 bridgehead atoms. The van der Waals surface area contributed by atoms with Crippen LogP contribution in [0.15, 0.2) is 17.8 Å². The van der Waals surface area contributed by atoms with E-state index in [0.717, 1.165) is 0 Å². The van der Waals surface area contributed by atoms with Gasteiger partial charge in [-0.2, -0.15) is 0 Å². The lowest BCUT2D eigenvalue weighted by molar-refractivity contribution is -0.293. The van der Waals surface area contributed by atoms with Crippen molar-refractivity contribution in [2.24, 2.45) is 28.8 Å². The molecule has 0 aromatic carbocycles. The largest absolute Gasteiger partial charge is 0.459 e. The summed E-state index contributed by atoms with van der Waals surface area (Å²) in [6, 6.07) is -0.327. The van der Waals surface area contributed by atoms with E-state index >= 15 is 0 Å². The molecule has 43 heavy (non-hydrogen) atoms. The van der Waals surface area contributed by atoms with Crippen molar-refractivity contribution in [3.8, 4) is 0 Å². The van der Waals surface area contributed by atoms with Crippen molar-refractivity contribution >= 4 is 11.7 Å². The maximum absolute atomic E-state index is 13.3. The molecule has 2 rings (SSSR count). The number of nitrogens with one attached hydrogen (secondary N) is 1. The molecule has 2 fully saturated rings. The van der Waals surface area contributed by atoms with Crippen LogP contribution in [0.1, 0.15) is 74.7 Å². The van der Waals surface area contributed by atoms with Gasteiger partial charge in [-0.1, -0.05) is 45.5 Å². The minimum atomic E-state index is -1.88. The van der Waals surface area contributed by atoms with E-state index in [-0.39, 0.29) is 31.6 Å². The van der Waals surface area contributed by atoms with Gasteiger partial charge in [0.15, 0.2) is 6.29 Å². The topological polar surface area (TPSA) is 180 Å². The zero-order valence-corrected chi connectivity index (χ0v) is 27.3. The van der Waals surface area contributed by atoms with Crippen LogP contribution in [0.3, 0.4) is 0 Å². The number of nitrogens with zero attached hydrogens (tertiary/aromatic N) is 1. The summed E-state index contributed by atoms with van der Waals surface area (Å²) in [5.41, 5.74) is -3.21. The van der Waals surface area contributed by atoms with Gasteiger partial charge in [-0.25, -0.2) is 0 Å². The molecule has 6 N–H and O–H groups in total. The molecule has 0 spiro atoms. The Balaban J connectivity index is 2.65. The number of carbonyl (C=O) groups is 1. The van der Waals surface area contributed by atoms with Crippen molar-refractivity contribution in [2.75, 3.05) is 13.7 Å². The van der Waals surface area contributed by atoms with Gasteiger partial charge in [-0.05, 0) is 54.0 Å². The van der Waals surface area contributed by atoms with Gasteiger partial charge in [0.25, 0.3) is 0 Å². The molecule has 0 saturated carbocycles. The van der Waals surface area contributed by atoms with Crippen LogP contribution in [0.5, 0.6) is 0 Å². The molecule has 0 aromatic rings. The summed E-state index contributed by atoms with van der Waals surface area (Å²) in [6.07, 6.45) is -5.21. The first-order chi connectivity index (χ1) is 19.9. The Morgan fingerprint density at radius 3 is 2.28 bits per heavy atom. The second kappa shape index (κ2) is 15.6. The minimum Gasteiger partial charge on any atom is -0.459 e. The molecule has 2 saturated heterocycles. The Kier molecular flexibility index (Phi) is 13.6. The average Bonchev–Trinajstić information content (AvgIpc) is 2.95. The van der Waals surface area contributed by atoms with E-state index in [4.69, 9.17) is 19.0 Å². The van der Waals surface area contributed by atoms with Gasteiger partial charge >= 0.3 is 5.97 Å². The van der Waals surface area contributed by atoms with Crippen LogP contribution < -0.4 is 5.32 Å². The number of rotatable bonds is 7. The molecule has 0 radical (unpaired) electrons. The Bertz CT molecular complexity index is 944. The van der Waals surface area contributed by atoms with Crippen molar-refractivity contribution in [1.82, 2.24) is 5.32 Å². The fraction of sp³-hybridized carbons (Fsp3) is 0.871. The van der Waals surface area contributed by atoms with Gasteiger partial charge in [0.1, 0.15) is 24.4 Å². The SMILES string of the molecule is C=CCO/N=C1\[C@H](C)C[C@@](C)(O)[C@H](O[C@@H]2O[C@H](C)C[C@H](NC)[C@H]2O)[C@@H](C)[C@H](O)[C@@H](C)C(=O)OC(CC)[C@@](C)(O)[C@H](O)[C@H]1C. The summed E-state index contributed by atoms with van der Waals surface area (Å²) >= 11 is 0. The van der Waals surface area contributed by atoms with Crippen molar-refractivity contribution in [3.05, 3.63) is 12.7 Å². The highest BCUT2D eigenvalue weighted by Crippen LogP contribution is 2.37. The summed E-state index contributed by atoms with van der Waals surface area (Å²) in [7, 11) is 1.73. The number of aliphatic hydroxyl groups is 5. The fourth-order valence-electron chi connectivity index (χ4n) is 6.56. The van der Waals surface area contributed by atoms with Crippen LogP contribution in [0, 0.1) is 23.7 Å². The van der Waals surface area contributed by atoms with Gasteiger partial charge in [0, 0.05) is 23.8 Å². The molecule has 2 aliphatic heterocycles. The van der Waals surface area contributed by atoms with E-state index in [2.05, 4.69) is 17.1 Å². The first-order valence-corrected chi connectivity index (χ1v) is 15.4. The highest BCUT2D eigenvalue weighted by Gasteiger charge is 2.50. The third-order valence-electron chi connectivity index (χ3n) is 9.21. The number of aliphatic hydroxyl groups excluding tert-OH is 3. The van der Waals surface area contributed by atoms with Crippen LogP contribution in [0.2, 0.25) is 0 Å². The number of ether oxygens (including phenoxy) is 3. The Hall–Kier alpha value is -1.64. The third kappa shape index (κ3) is 8.76. The highest BCUT2D eigenvalue weighted by molar-refractivity contribution is 5.88. The number of esters is 1. The molecule has 1 unspecified atom stereocenters. The predicted octanol–water partition coefficient (Wildman–Crippen LogP) is 1.51. The normalized spacial score (nSPS) is 46.6. The number of hydrogen-bond acceptors (Lipinski definition) is 12. The average molecular weight is 617 g/mol. The van der Waals surface area contributed by atoms with Gasteiger partial charge in [-0.15, -0.1) is 0 Å². The van der Waals surface area contributed by atoms with Crippen LogP contribution in [-0.2, 0) is 23.8 Å². The Morgan fingerprint density at radius 1 is 1.09 bits per heavy atom. The maximum atomic E-state index is 13.3. The number of cyclic esters (lactones) is 1. The Labute approximate surface area is 256 Å². The third-order valence-corrected chi connectivity index (χ3v) is 9.21. The van der Waals surface area contributed by atoms with Crippen LogP contribution in [0.25, 0.3) is 0 Å². The van der Waals surface area contributed by atoms with E-state index in [1.165, 1.54) is 19.9 Å². The van der Waals surface area contributed by atoms with Gasteiger partial charge in [0.05, 0.1) is 41.6 Å². The number of hydrogen-bond donors (Lipinski definition) is 6. The molecule has 2 heterocycles. The molecule has 12 nitrogen and oxygen atoms in total. The molecular formula is C31H56N2O10. The lowest BCUT2D eigenvalue weighted by Crippen LogP contribution is -2.60. The lowest BCUT2D eigenvalue weighted by Gasteiger charge is -2.46. The maximum Gasteiger partial charge on any atom is 0.311 e. The number of oxime groups is 1. The summed E-state index contributed by atoms with van der Waals surface area (Å²) in [5.74, 6) is -4.03. The van der Waals surface area contributed by atoms with Crippen LogP contribution >= 0.6 is 0 Å². The predicted molar refractivity (Wildman–Crippen MR) is 161 cm³/mol. The summed E-state index contributed by atoms with van der Waals surface area (Å²) in [6.45, 7) is 16.9. The number of likely N-dealkylation sites (N-methyl/N-ethyl adjacent to an activating group) is 1. The molecule has 0 amide bonds. The van der Waals surface area contributed by atoms with E-state index in [1.807, 2.05) is 6.92 Å². The molecular weight excluding hydrogens is 560 g/mol. The number of carbonyl (C=O) groups excluding carboxylic acids is 1. The molecule has 250 valence electrons. The van der Waals surface area contributed by atoms with Crippen LogP contribution in [-0.4, -0.2) is 111 Å². The fourth-order valence-corrected chi connectivity index (χ4v) is 6.56. The van der Waals surface area contributed by atoms with E-state index in [9.17, 15) is 30.3 Å². The lowest BCUT2D eigenvalue weighted by atomic mass is 9.73. The zero-order valence-electron chi connectivity index (χ0n) is 27.3. The van der Waals surface area contributed by atoms with Crippen molar-refractivity contribution in [2.45, 2.75) is 135 Å². The van der Waals surface area contributed by atoms with Crippen molar-refractivity contribution < 1.29 is 49.4 Å². The molecule has 0 aliphatic carbocycles. The first-order valence-electron chi connectivity index (χ1n) is 15.4. The summed E-state index contributed by atoms with van der Waals surface area (Å²) in [4.78, 5) is 18.7. The van der Waals surface area contributed by atoms with Gasteiger partial charge in [0.2, 0.25) is 0 Å².